The van der Waals surface area contributed by atoms with Gasteiger partial charge in [0.1, 0.15) is 17.3 Å². The van der Waals surface area contributed by atoms with Crippen LogP contribution in [-0.2, 0) is 4.79 Å². The maximum atomic E-state index is 13.2. The van der Waals surface area contributed by atoms with E-state index < -0.39 is 6.10 Å². The van der Waals surface area contributed by atoms with Crippen molar-refractivity contribution < 1.29 is 24.5 Å². The van der Waals surface area contributed by atoms with Gasteiger partial charge in [-0.1, -0.05) is 31.5 Å². The average Bonchev–Trinajstić information content (AvgIpc) is 3.44. The van der Waals surface area contributed by atoms with Crippen molar-refractivity contribution >= 4 is 11.6 Å². The van der Waals surface area contributed by atoms with E-state index in [1.165, 1.54) is 0 Å². The van der Waals surface area contributed by atoms with Crippen LogP contribution in [-0.4, -0.2) is 52.9 Å². The second-order valence-electron chi connectivity index (χ2n) is 10.5. The number of hydrogen-bond acceptors (Lipinski definition) is 6. The van der Waals surface area contributed by atoms with Gasteiger partial charge < -0.3 is 19.8 Å². The van der Waals surface area contributed by atoms with Gasteiger partial charge in [0.15, 0.2) is 5.78 Å². The first-order valence-electron chi connectivity index (χ1n) is 14.4. The van der Waals surface area contributed by atoms with Gasteiger partial charge in [0, 0.05) is 42.3 Å². The second kappa shape index (κ2) is 15.6. The summed E-state index contributed by atoms with van der Waals surface area (Å²) in [6, 6.07) is 14.2. The number of aliphatic hydroxyl groups is 1. The molecule has 6 nitrogen and oxygen atoms in total. The number of carbonyl (C=O) groups is 2. The van der Waals surface area contributed by atoms with Crippen molar-refractivity contribution in [2.24, 2.45) is 11.8 Å². The Kier molecular flexibility index (Phi) is 12.3. The van der Waals surface area contributed by atoms with E-state index in [-0.39, 0.29) is 29.2 Å². The van der Waals surface area contributed by atoms with Gasteiger partial charge in [0.2, 0.25) is 0 Å². The molecule has 1 aliphatic rings. The van der Waals surface area contributed by atoms with E-state index in [1.54, 1.807) is 18.2 Å². The molecular weight excluding hydrogens is 478 g/mol. The Labute approximate surface area is 228 Å². The Hall–Kier alpha value is -2.70. The quantitative estimate of drug-likeness (QED) is 0.185. The first-order valence-corrected chi connectivity index (χ1v) is 14.4. The number of likely N-dealkylation sites (tertiary alicyclic amines) is 1. The number of hydrogen-bond donors (Lipinski definition) is 2. The van der Waals surface area contributed by atoms with E-state index in [0.29, 0.717) is 37.0 Å². The van der Waals surface area contributed by atoms with Gasteiger partial charge in [-0.05, 0) is 88.9 Å². The number of benzene rings is 2. The average molecular weight is 524 g/mol. The Morgan fingerprint density at radius 2 is 1.63 bits per heavy atom. The molecule has 0 radical (unpaired) electrons. The molecule has 208 valence electrons. The standard InChI is InChI=1S/C32H45NO5/c1-3-24(22-26(23-33-20-10-11-21-33)32(37)28-12-8-9-15-31(28)36)29(34)13-6-5-7-14-30(35)25-16-18-27(19-17-25)38-4-2/h8-9,12,15-19,24,26,32,36-37H,3-7,10-11,13-14,20-23H2,1-2H3. The van der Waals surface area contributed by atoms with Crippen LogP contribution >= 0.6 is 0 Å². The lowest BCUT2D eigenvalue weighted by atomic mass is 9.82. The Balaban J connectivity index is 1.48. The van der Waals surface area contributed by atoms with Crippen molar-refractivity contribution in [1.29, 1.82) is 0 Å². The number of aromatic hydroxyl groups is 1. The number of phenolic OH excluding ortho intramolecular Hbond substituents is 1. The minimum atomic E-state index is -0.813. The summed E-state index contributed by atoms with van der Waals surface area (Å²) in [6.45, 7) is 7.33. The van der Waals surface area contributed by atoms with Crippen LogP contribution in [0.4, 0.5) is 0 Å². The molecule has 2 aromatic carbocycles. The first kappa shape index (κ1) is 29.9. The molecule has 0 aliphatic carbocycles. The summed E-state index contributed by atoms with van der Waals surface area (Å²) >= 11 is 0. The number of ketones is 2. The maximum Gasteiger partial charge on any atom is 0.162 e. The largest absolute Gasteiger partial charge is 0.508 e. The zero-order chi connectivity index (χ0) is 27.3. The van der Waals surface area contributed by atoms with Crippen LogP contribution in [0.5, 0.6) is 11.5 Å². The van der Waals surface area contributed by atoms with Gasteiger partial charge in [0.25, 0.3) is 0 Å². The molecule has 1 fully saturated rings. The molecule has 1 saturated heterocycles. The van der Waals surface area contributed by atoms with Crippen LogP contribution in [0.1, 0.15) is 93.7 Å². The molecule has 3 atom stereocenters. The van der Waals surface area contributed by atoms with E-state index >= 15 is 0 Å². The minimum Gasteiger partial charge on any atom is -0.508 e. The number of nitrogens with zero attached hydrogens (tertiary/aromatic N) is 1. The van der Waals surface area contributed by atoms with Crippen molar-refractivity contribution in [3.8, 4) is 11.5 Å². The smallest absolute Gasteiger partial charge is 0.162 e. The fourth-order valence-corrected chi connectivity index (χ4v) is 5.50. The molecule has 6 heteroatoms. The highest BCUT2D eigenvalue weighted by Gasteiger charge is 2.30. The van der Waals surface area contributed by atoms with Crippen molar-refractivity contribution in [2.45, 2.75) is 77.7 Å². The molecule has 0 amide bonds. The van der Waals surface area contributed by atoms with E-state index in [1.807, 2.05) is 44.2 Å². The van der Waals surface area contributed by atoms with Crippen LogP contribution in [0.2, 0.25) is 0 Å². The second-order valence-corrected chi connectivity index (χ2v) is 10.5. The summed E-state index contributed by atoms with van der Waals surface area (Å²) < 4.78 is 5.43. The van der Waals surface area contributed by atoms with Gasteiger partial charge in [-0.2, -0.15) is 0 Å². The lowest BCUT2D eigenvalue weighted by Gasteiger charge is -2.30. The molecular formula is C32H45NO5. The molecule has 0 spiro atoms. The van der Waals surface area contributed by atoms with Crippen molar-refractivity contribution in [1.82, 2.24) is 4.90 Å². The van der Waals surface area contributed by atoms with E-state index in [4.69, 9.17) is 4.74 Å². The van der Waals surface area contributed by atoms with Crippen LogP contribution in [0.25, 0.3) is 0 Å². The number of aliphatic hydroxyl groups excluding tert-OH is 1. The lowest BCUT2D eigenvalue weighted by molar-refractivity contribution is -0.124. The third-order valence-electron chi connectivity index (χ3n) is 7.74. The molecule has 0 saturated carbocycles. The van der Waals surface area contributed by atoms with Crippen LogP contribution in [0.15, 0.2) is 48.5 Å². The predicted octanol–water partition coefficient (Wildman–Crippen LogP) is 6.36. The van der Waals surface area contributed by atoms with Crippen LogP contribution in [0.3, 0.4) is 0 Å². The molecule has 0 bridgehead atoms. The number of Topliss-reactive ketones (excluding diaryl/α,β-unsaturated/α-hetero) is 2. The monoisotopic (exact) mass is 523 g/mol. The van der Waals surface area contributed by atoms with E-state index in [9.17, 15) is 19.8 Å². The van der Waals surface area contributed by atoms with Crippen molar-refractivity contribution in [3.63, 3.8) is 0 Å². The molecule has 1 aliphatic heterocycles. The van der Waals surface area contributed by atoms with Crippen LogP contribution < -0.4 is 4.74 Å². The molecule has 38 heavy (non-hydrogen) atoms. The van der Waals surface area contributed by atoms with Gasteiger partial charge >= 0.3 is 0 Å². The molecule has 0 aromatic heterocycles. The van der Waals surface area contributed by atoms with Gasteiger partial charge in [-0.25, -0.2) is 0 Å². The minimum absolute atomic E-state index is 0.102. The number of carbonyl (C=O) groups excluding carboxylic acids is 2. The zero-order valence-corrected chi connectivity index (χ0v) is 23.1. The molecule has 2 N–H and O–H groups in total. The van der Waals surface area contributed by atoms with Crippen LogP contribution in [0, 0.1) is 11.8 Å². The summed E-state index contributed by atoms with van der Waals surface area (Å²) in [7, 11) is 0. The van der Waals surface area contributed by atoms with Crippen molar-refractivity contribution in [3.05, 3.63) is 59.7 Å². The number of unbranched alkanes of at least 4 members (excludes halogenated alkanes) is 2. The van der Waals surface area contributed by atoms with E-state index in [0.717, 1.165) is 63.9 Å². The normalized spacial score (nSPS) is 16.2. The summed E-state index contributed by atoms with van der Waals surface area (Å²) in [5.74, 6) is 0.986. The summed E-state index contributed by atoms with van der Waals surface area (Å²) in [5.41, 5.74) is 1.24. The maximum absolute atomic E-state index is 13.2. The molecule has 3 unspecified atom stereocenters. The predicted molar refractivity (Wildman–Crippen MR) is 151 cm³/mol. The third kappa shape index (κ3) is 8.95. The zero-order valence-electron chi connectivity index (χ0n) is 23.1. The van der Waals surface area contributed by atoms with Crippen molar-refractivity contribution in [2.75, 3.05) is 26.2 Å². The number of rotatable bonds is 17. The highest BCUT2D eigenvalue weighted by molar-refractivity contribution is 5.96. The van der Waals surface area contributed by atoms with E-state index in [2.05, 4.69) is 4.90 Å². The topological polar surface area (TPSA) is 87.1 Å². The number of para-hydroxylation sites is 1. The summed E-state index contributed by atoms with van der Waals surface area (Å²) in [5, 5.41) is 21.6. The first-order chi connectivity index (χ1) is 18.4. The lowest BCUT2D eigenvalue weighted by Crippen LogP contribution is -2.33. The molecule has 3 rings (SSSR count). The van der Waals surface area contributed by atoms with Gasteiger partial charge in [-0.15, -0.1) is 0 Å². The van der Waals surface area contributed by atoms with Gasteiger partial charge in [0.05, 0.1) is 12.7 Å². The SMILES string of the molecule is CCOc1ccc(C(=O)CCCCCC(=O)C(CC)CC(CN2CCCC2)C(O)c2ccccc2O)cc1. The Morgan fingerprint density at radius 3 is 2.29 bits per heavy atom. The third-order valence-corrected chi connectivity index (χ3v) is 7.74. The Bertz CT molecular complexity index is 999. The molecule has 1 heterocycles. The molecule has 2 aromatic rings. The van der Waals surface area contributed by atoms with Gasteiger partial charge in [-0.3, -0.25) is 9.59 Å². The fourth-order valence-electron chi connectivity index (χ4n) is 5.50. The Morgan fingerprint density at radius 1 is 0.947 bits per heavy atom. The number of phenols is 1. The highest BCUT2D eigenvalue weighted by atomic mass is 16.5. The summed E-state index contributed by atoms with van der Waals surface area (Å²) in [4.78, 5) is 28.0. The highest BCUT2D eigenvalue weighted by Crippen LogP contribution is 2.35. The fraction of sp³-hybridized carbons (Fsp3) is 0.562. The summed E-state index contributed by atoms with van der Waals surface area (Å²) in [6.07, 6.45) is 6.20. The number of ether oxygens (including phenoxy) is 1.